The molecule has 0 bridgehead atoms. The van der Waals surface area contributed by atoms with Crippen molar-refractivity contribution in [3.05, 3.63) is 66.1 Å². The average Bonchev–Trinajstić information content (AvgIpc) is 3.35. The van der Waals surface area contributed by atoms with Crippen molar-refractivity contribution in [2.75, 3.05) is 19.5 Å². The molecule has 2 N–H and O–H groups in total. The highest BCUT2D eigenvalue weighted by atomic mass is 16.5. The molecule has 0 saturated heterocycles. The molecule has 0 aliphatic heterocycles. The summed E-state index contributed by atoms with van der Waals surface area (Å²) in [6.45, 7) is 0.152. The number of hydrogen-bond acceptors (Lipinski definition) is 5. The second-order valence-corrected chi connectivity index (χ2v) is 6.52. The molecule has 29 heavy (non-hydrogen) atoms. The third-order valence-electron chi connectivity index (χ3n) is 4.62. The summed E-state index contributed by atoms with van der Waals surface area (Å²) in [4.78, 5) is 16.8. The topological polar surface area (TPSA) is 94.1 Å². The lowest BCUT2D eigenvalue weighted by atomic mass is 10.1. The Labute approximate surface area is 167 Å². The third kappa shape index (κ3) is 4.06. The van der Waals surface area contributed by atoms with Crippen molar-refractivity contribution in [2.24, 2.45) is 0 Å². The molecular weight excluding hydrogens is 370 g/mol. The zero-order valence-corrected chi connectivity index (χ0v) is 16.2. The Morgan fingerprint density at radius 1 is 1.10 bits per heavy atom. The van der Waals surface area contributed by atoms with E-state index in [0.29, 0.717) is 12.2 Å². The van der Waals surface area contributed by atoms with Crippen molar-refractivity contribution in [1.29, 1.82) is 0 Å². The average molecular weight is 391 g/mol. The van der Waals surface area contributed by atoms with Gasteiger partial charge in [0.05, 0.1) is 19.7 Å². The lowest BCUT2D eigenvalue weighted by Gasteiger charge is -2.06. The second-order valence-electron chi connectivity index (χ2n) is 6.52. The van der Waals surface area contributed by atoms with Gasteiger partial charge in [0.1, 0.15) is 23.9 Å². The SMILES string of the molecule is COc1ccc(Cc2nc(NC(=O)Cn3ccc4c(OC)cccc43)n[nH]2)cc1. The van der Waals surface area contributed by atoms with Crippen LogP contribution < -0.4 is 14.8 Å². The Bertz CT molecular complexity index is 1130. The third-order valence-corrected chi connectivity index (χ3v) is 4.62. The number of aromatic amines is 1. The molecule has 1 amide bonds. The first-order chi connectivity index (χ1) is 14.2. The maximum atomic E-state index is 12.4. The van der Waals surface area contributed by atoms with E-state index in [4.69, 9.17) is 9.47 Å². The number of hydrogen-bond donors (Lipinski definition) is 2. The smallest absolute Gasteiger partial charge is 0.248 e. The summed E-state index contributed by atoms with van der Waals surface area (Å²) in [5.41, 5.74) is 1.99. The van der Waals surface area contributed by atoms with E-state index >= 15 is 0 Å². The number of carbonyl (C=O) groups excluding carboxylic acids is 1. The van der Waals surface area contributed by atoms with E-state index in [2.05, 4.69) is 20.5 Å². The van der Waals surface area contributed by atoms with Crippen LogP contribution in [0.4, 0.5) is 5.95 Å². The van der Waals surface area contributed by atoms with Gasteiger partial charge in [-0.3, -0.25) is 15.2 Å². The lowest BCUT2D eigenvalue weighted by Crippen LogP contribution is -2.19. The van der Waals surface area contributed by atoms with Crippen LogP contribution in [0.3, 0.4) is 0 Å². The first kappa shape index (κ1) is 18.5. The van der Waals surface area contributed by atoms with E-state index < -0.39 is 0 Å². The fourth-order valence-electron chi connectivity index (χ4n) is 3.20. The maximum Gasteiger partial charge on any atom is 0.248 e. The van der Waals surface area contributed by atoms with Crippen molar-refractivity contribution in [3.63, 3.8) is 0 Å². The van der Waals surface area contributed by atoms with Gasteiger partial charge in [0.15, 0.2) is 0 Å². The minimum Gasteiger partial charge on any atom is -0.497 e. The molecule has 2 aromatic carbocycles. The molecule has 148 valence electrons. The molecule has 0 aliphatic rings. The predicted molar refractivity (Wildman–Crippen MR) is 109 cm³/mol. The Kier molecular flexibility index (Phi) is 5.15. The maximum absolute atomic E-state index is 12.4. The monoisotopic (exact) mass is 391 g/mol. The highest BCUT2D eigenvalue weighted by Gasteiger charge is 2.12. The number of aromatic nitrogens is 4. The van der Waals surface area contributed by atoms with Crippen molar-refractivity contribution < 1.29 is 14.3 Å². The van der Waals surface area contributed by atoms with Crippen LogP contribution in [-0.4, -0.2) is 39.9 Å². The Morgan fingerprint density at radius 3 is 2.69 bits per heavy atom. The minimum atomic E-state index is -0.208. The summed E-state index contributed by atoms with van der Waals surface area (Å²) in [6.07, 6.45) is 2.44. The first-order valence-corrected chi connectivity index (χ1v) is 9.12. The standard InChI is InChI=1S/C21H21N5O3/c1-28-15-8-6-14(7-9-15)12-19-22-21(25-24-19)23-20(27)13-26-11-10-16-17(26)4-3-5-18(16)29-2/h3-11H,12-13H2,1-2H3,(H2,22,23,24,25,27). The van der Waals surface area contributed by atoms with Gasteiger partial charge in [0.2, 0.25) is 11.9 Å². The molecule has 4 aromatic rings. The van der Waals surface area contributed by atoms with Gasteiger partial charge in [0, 0.05) is 18.0 Å². The number of rotatable bonds is 7. The molecule has 0 saturated carbocycles. The van der Waals surface area contributed by atoms with Crippen molar-refractivity contribution >= 4 is 22.8 Å². The second kappa shape index (κ2) is 8.05. The van der Waals surface area contributed by atoms with E-state index in [-0.39, 0.29) is 18.4 Å². The van der Waals surface area contributed by atoms with Crippen molar-refractivity contribution in [3.8, 4) is 11.5 Å². The zero-order valence-electron chi connectivity index (χ0n) is 16.2. The number of benzene rings is 2. The largest absolute Gasteiger partial charge is 0.497 e. The quantitative estimate of drug-likeness (QED) is 0.505. The van der Waals surface area contributed by atoms with Crippen molar-refractivity contribution in [2.45, 2.75) is 13.0 Å². The fourth-order valence-corrected chi connectivity index (χ4v) is 3.20. The number of fused-ring (bicyclic) bond motifs is 1. The summed E-state index contributed by atoms with van der Waals surface area (Å²) in [5, 5.41) is 10.6. The van der Waals surface area contributed by atoms with Gasteiger partial charge >= 0.3 is 0 Å². The minimum absolute atomic E-state index is 0.152. The van der Waals surface area contributed by atoms with Gasteiger partial charge in [-0.25, -0.2) is 0 Å². The summed E-state index contributed by atoms with van der Waals surface area (Å²) >= 11 is 0. The predicted octanol–water partition coefficient (Wildman–Crippen LogP) is 3.01. The highest BCUT2D eigenvalue weighted by Crippen LogP contribution is 2.26. The number of nitrogens with zero attached hydrogens (tertiary/aromatic N) is 3. The molecule has 0 fully saturated rings. The number of amides is 1. The van der Waals surface area contributed by atoms with Crippen LogP contribution in [0.1, 0.15) is 11.4 Å². The summed E-state index contributed by atoms with van der Waals surface area (Å²) in [7, 11) is 3.26. The number of anilines is 1. The molecule has 4 rings (SSSR count). The number of ether oxygens (including phenoxy) is 2. The molecular formula is C21H21N5O3. The van der Waals surface area contributed by atoms with E-state index in [1.807, 2.05) is 59.3 Å². The Hall–Kier alpha value is -3.81. The van der Waals surface area contributed by atoms with Crippen LogP contribution in [0.15, 0.2) is 54.7 Å². The van der Waals surface area contributed by atoms with Gasteiger partial charge in [-0.05, 0) is 35.9 Å². The molecule has 8 nitrogen and oxygen atoms in total. The molecule has 0 aliphatic carbocycles. The molecule has 0 atom stereocenters. The molecule has 0 radical (unpaired) electrons. The Morgan fingerprint density at radius 2 is 1.93 bits per heavy atom. The van der Waals surface area contributed by atoms with E-state index in [0.717, 1.165) is 28.0 Å². The Balaban J connectivity index is 1.40. The van der Waals surface area contributed by atoms with Crippen LogP contribution in [-0.2, 0) is 17.8 Å². The molecule has 0 spiro atoms. The number of nitrogens with one attached hydrogen (secondary N) is 2. The fraction of sp³-hybridized carbons (Fsp3) is 0.190. The van der Waals surface area contributed by atoms with Crippen LogP contribution in [0, 0.1) is 0 Å². The molecule has 0 unspecified atom stereocenters. The molecule has 8 heteroatoms. The zero-order chi connectivity index (χ0) is 20.2. The first-order valence-electron chi connectivity index (χ1n) is 9.12. The van der Waals surface area contributed by atoms with Gasteiger partial charge in [-0.1, -0.05) is 18.2 Å². The number of H-pyrrole nitrogens is 1. The van der Waals surface area contributed by atoms with Gasteiger partial charge in [-0.2, -0.15) is 4.98 Å². The summed E-state index contributed by atoms with van der Waals surface area (Å²) in [6, 6.07) is 15.4. The van der Waals surface area contributed by atoms with E-state index in [1.165, 1.54) is 0 Å². The highest BCUT2D eigenvalue weighted by molar-refractivity contribution is 5.92. The number of methoxy groups -OCH3 is 2. The summed E-state index contributed by atoms with van der Waals surface area (Å²) < 4.78 is 12.4. The normalized spacial score (nSPS) is 10.8. The van der Waals surface area contributed by atoms with Gasteiger partial charge < -0.3 is 14.0 Å². The van der Waals surface area contributed by atoms with Crippen molar-refractivity contribution in [1.82, 2.24) is 19.7 Å². The van der Waals surface area contributed by atoms with E-state index in [1.54, 1.807) is 14.2 Å². The van der Waals surface area contributed by atoms with Crippen LogP contribution in [0.2, 0.25) is 0 Å². The number of carbonyl (C=O) groups is 1. The van der Waals surface area contributed by atoms with Gasteiger partial charge in [0.25, 0.3) is 0 Å². The lowest BCUT2D eigenvalue weighted by molar-refractivity contribution is -0.116. The molecule has 2 aromatic heterocycles. The molecule has 2 heterocycles. The van der Waals surface area contributed by atoms with Crippen LogP contribution in [0.25, 0.3) is 10.9 Å². The van der Waals surface area contributed by atoms with Gasteiger partial charge in [-0.15, -0.1) is 5.10 Å². The van der Waals surface area contributed by atoms with Crippen LogP contribution >= 0.6 is 0 Å². The van der Waals surface area contributed by atoms with E-state index in [9.17, 15) is 4.79 Å². The summed E-state index contributed by atoms with van der Waals surface area (Å²) in [5.74, 6) is 2.29. The van der Waals surface area contributed by atoms with Crippen LogP contribution in [0.5, 0.6) is 11.5 Å².